The fraction of sp³-hybridized carbons (Fsp3) is 0.588. The Labute approximate surface area is 345 Å². The SMILES string of the molecule is C=C(C)C(=O)OCCCc1cc(-c2ccc(-c3ccc(C4CCC(CCCCC)CC4)cc3)c(CC)c2)cc(CCCOC)c1OCCC(CO)(CO)CCCC. The summed E-state index contributed by atoms with van der Waals surface area (Å²) >= 11 is 0. The van der Waals surface area contributed by atoms with Crippen molar-refractivity contribution in [2.24, 2.45) is 11.3 Å². The molecule has 0 aliphatic heterocycles. The minimum atomic E-state index is -0.575. The van der Waals surface area contributed by atoms with E-state index in [1.807, 2.05) is 0 Å². The second-order valence-corrected chi connectivity index (χ2v) is 16.8. The Morgan fingerprint density at radius 1 is 0.737 bits per heavy atom. The molecule has 57 heavy (non-hydrogen) atoms. The number of hydrogen-bond donors (Lipinski definition) is 2. The smallest absolute Gasteiger partial charge is 0.333 e. The second kappa shape index (κ2) is 24.5. The van der Waals surface area contributed by atoms with E-state index < -0.39 is 5.41 Å². The van der Waals surface area contributed by atoms with Crippen LogP contribution >= 0.6 is 0 Å². The molecule has 0 saturated heterocycles. The van der Waals surface area contributed by atoms with Crippen LogP contribution in [0.1, 0.15) is 146 Å². The molecule has 0 heterocycles. The summed E-state index contributed by atoms with van der Waals surface area (Å²) in [5.41, 5.74) is 9.65. The van der Waals surface area contributed by atoms with Gasteiger partial charge >= 0.3 is 5.97 Å². The number of aliphatic hydroxyl groups is 2. The Morgan fingerprint density at radius 2 is 1.37 bits per heavy atom. The number of aryl methyl sites for hydroxylation is 3. The molecule has 6 heteroatoms. The summed E-state index contributed by atoms with van der Waals surface area (Å²) in [7, 11) is 1.73. The van der Waals surface area contributed by atoms with Crippen LogP contribution in [0.25, 0.3) is 22.3 Å². The number of carbonyl (C=O) groups excluding carboxylic acids is 1. The summed E-state index contributed by atoms with van der Waals surface area (Å²) < 4.78 is 17.6. The molecule has 314 valence electrons. The van der Waals surface area contributed by atoms with E-state index in [1.54, 1.807) is 14.0 Å². The fourth-order valence-electron chi connectivity index (χ4n) is 8.60. The monoisotopic (exact) mass is 783 g/mol. The van der Waals surface area contributed by atoms with Crippen LogP contribution in [0.4, 0.5) is 0 Å². The average molecular weight is 783 g/mol. The van der Waals surface area contributed by atoms with Gasteiger partial charge in [0.15, 0.2) is 0 Å². The van der Waals surface area contributed by atoms with Crippen LogP contribution in [-0.4, -0.2) is 56.3 Å². The molecule has 1 aliphatic carbocycles. The zero-order chi connectivity index (χ0) is 41.0. The van der Waals surface area contributed by atoms with Crippen LogP contribution in [0.15, 0.2) is 66.7 Å². The van der Waals surface area contributed by atoms with Crippen molar-refractivity contribution in [1.29, 1.82) is 0 Å². The van der Waals surface area contributed by atoms with Crippen LogP contribution in [-0.2, 0) is 33.5 Å². The summed E-state index contributed by atoms with van der Waals surface area (Å²) in [5.74, 6) is 2.07. The zero-order valence-corrected chi connectivity index (χ0v) is 36.1. The van der Waals surface area contributed by atoms with Crippen molar-refractivity contribution in [3.63, 3.8) is 0 Å². The van der Waals surface area contributed by atoms with E-state index in [1.165, 1.54) is 73.6 Å². The Bertz CT molecular complexity index is 1650. The largest absolute Gasteiger partial charge is 0.493 e. The molecule has 0 bridgehead atoms. The highest BCUT2D eigenvalue weighted by molar-refractivity contribution is 5.86. The third-order valence-electron chi connectivity index (χ3n) is 12.4. The van der Waals surface area contributed by atoms with Gasteiger partial charge in [-0.3, -0.25) is 0 Å². The van der Waals surface area contributed by atoms with Gasteiger partial charge in [0.25, 0.3) is 0 Å². The summed E-state index contributed by atoms with van der Waals surface area (Å²) in [6, 6.07) is 20.8. The lowest BCUT2D eigenvalue weighted by Crippen LogP contribution is -2.32. The summed E-state index contributed by atoms with van der Waals surface area (Å²) in [6.07, 6.45) is 17.9. The van der Waals surface area contributed by atoms with Crippen molar-refractivity contribution in [3.05, 3.63) is 89.0 Å². The topological polar surface area (TPSA) is 85.2 Å². The molecule has 0 aromatic heterocycles. The van der Waals surface area contributed by atoms with Crippen molar-refractivity contribution < 1.29 is 29.2 Å². The van der Waals surface area contributed by atoms with Gasteiger partial charge in [0.2, 0.25) is 0 Å². The lowest BCUT2D eigenvalue weighted by atomic mass is 9.77. The van der Waals surface area contributed by atoms with Crippen molar-refractivity contribution >= 4 is 5.97 Å². The lowest BCUT2D eigenvalue weighted by molar-refractivity contribution is -0.139. The molecule has 0 amide bonds. The van der Waals surface area contributed by atoms with E-state index in [0.29, 0.717) is 44.0 Å². The van der Waals surface area contributed by atoms with Gasteiger partial charge in [0, 0.05) is 24.7 Å². The molecule has 0 unspecified atom stereocenters. The predicted molar refractivity (Wildman–Crippen MR) is 236 cm³/mol. The van der Waals surface area contributed by atoms with E-state index in [-0.39, 0.29) is 25.8 Å². The molecule has 4 rings (SSSR count). The van der Waals surface area contributed by atoms with Crippen molar-refractivity contribution in [2.75, 3.05) is 40.1 Å². The Morgan fingerprint density at radius 3 is 1.96 bits per heavy atom. The summed E-state index contributed by atoms with van der Waals surface area (Å²) in [6.45, 7) is 13.2. The molecule has 1 fully saturated rings. The number of rotatable bonds is 26. The first-order valence-corrected chi connectivity index (χ1v) is 22.3. The highest BCUT2D eigenvalue weighted by atomic mass is 16.5. The molecule has 6 nitrogen and oxygen atoms in total. The Kier molecular flexibility index (Phi) is 19.8. The number of methoxy groups -OCH3 is 1. The van der Waals surface area contributed by atoms with Gasteiger partial charge in [-0.2, -0.15) is 0 Å². The standard InChI is InChI=1S/C51H74O6/c1-7-10-12-15-39-18-20-41(21-19-39)42-22-24-43(25-23-42)48-27-26-44(33-40(48)9-3)47-34-45(16-13-30-55-6)49(46(35-47)17-14-31-57-50(54)38(4)5)56-32-29-51(36-52,37-53)28-11-8-2/h22-27,33-35,39,41,52-53H,4,7-21,28-32,36-37H2,1-3,5-6H3. The van der Waals surface area contributed by atoms with Crippen LogP contribution < -0.4 is 4.74 Å². The van der Waals surface area contributed by atoms with E-state index in [2.05, 4.69) is 81.9 Å². The zero-order valence-electron chi connectivity index (χ0n) is 36.1. The Balaban J connectivity index is 1.61. The van der Waals surface area contributed by atoms with E-state index in [0.717, 1.165) is 72.4 Å². The molecular formula is C51H74O6. The normalized spacial score (nSPS) is 15.8. The highest BCUT2D eigenvalue weighted by Crippen LogP contribution is 2.40. The van der Waals surface area contributed by atoms with Gasteiger partial charge < -0.3 is 24.4 Å². The molecule has 1 saturated carbocycles. The summed E-state index contributed by atoms with van der Waals surface area (Å²) in [5, 5.41) is 20.6. The van der Waals surface area contributed by atoms with E-state index in [4.69, 9.17) is 14.2 Å². The first kappa shape index (κ1) is 46.2. The molecule has 0 spiro atoms. The molecule has 0 radical (unpaired) electrons. The second-order valence-electron chi connectivity index (χ2n) is 16.8. The lowest BCUT2D eigenvalue weighted by Gasteiger charge is -2.30. The van der Waals surface area contributed by atoms with Gasteiger partial charge in [0.1, 0.15) is 5.75 Å². The van der Waals surface area contributed by atoms with Crippen LogP contribution in [0.2, 0.25) is 0 Å². The maximum absolute atomic E-state index is 12.2. The minimum Gasteiger partial charge on any atom is -0.493 e. The number of esters is 1. The predicted octanol–water partition coefficient (Wildman–Crippen LogP) is 12.0. The van der Waals surface area contributed by atoms with Crippen molar-refractivity contribution in [2.45, 2.75) is 143 Å². The highest BCUT2D eigenvalue weighted by Gasteiger charge is 2.29. The maximum Gasteiger partial charge on any atom is 0.333 e. The number of unbranched alkanes of at least 4 members (excludes halogenated alkanes) is 3. The molecule has 0 atom stereocenters. The quantitative estimate of drug-likeness (QED) is 0.0479. The van der Waals surface area contributed by atoms with Gasteiger partial charge in [-0.25, -0.2) is 4.79 Å². The van der Waals surface area contributed by atoms with E-state index >= 15 is 0 Å². The van der Waals surface area contributed by atoms with Crippen LogP contribution in [0, 0.1) is 11.3 Å². The van der Waals surface area contributed by atoms with Gasteiger partial charge in [-0.15, -0.1) is 0 Å². The van der Waals surface area contributed by atoms with E-state index in [9.17, 15) is 15.0 Å². The van der Waals surface area contributed by atoms with Crippen LogP contribution in [0.5, 0.6) is 5.75 Å². The fourth-order valence-corrected chi connectivity index (χ4v) is 8.60. The summed E-state index contributed by atoms with van der Waals surface area (Å²) in [4.78, 5) is 12.2. The van der Waals surface area contributed by atoms with Gasteiger partial charge in [-0.1, -0.05) is 108 Å². The first-order valence-electron chi connectivity index (χ1n) is 22.3. The third kappa shape index (κ3) is 13.8. The third-order valence-corrected chi connectivity index (χ3v) is 12.4. The maximum atomic E-state index is 12.2. The molecule has 1 aliphatic rings. The minimum absolute atomic E-state index is 0.0759. The number of hydrogen-bond acceptors (Lipinski definition) is 6. The Hall–Kier alpha value is -3.45. The molecule has 3 aromatic carbocycles. The number of benzene rings is 3. The van der Waals surface area contributed by atoms with Crippen molar-refractivity contribution in [3.8, 4) is 28.0 Å². The molecular weight excluding hydrogens is 709 g/mol. The van der Waals surface area contributed by atoms with Gasteiger partial charge in [0.05, 0.1) is 26.4 Å². The number of carbonyl (C=O) groups is 1. The van der Waals surface area contributed by atoms with Crippen LogP contribution in [0.3, 0.4) is 0 Å². The first-order chi connectivity index (χ1) is 27.7. The molecule has 3 aromatic rings. The van der Waals surface area contributed by atoms with Crippen molar-refractivity contribution in [1.82, 2.24) is 0 Å². The number of aliphatic hydroxyl groups excluding tert-OH is 2. The molecule has 2 N–H and O–H groups in total. The average Bonchev–Trinajstić information content (AvgIpc) is 3.24. The number of ether oxygens (including phenoxy) is 3. The van der Waals surface area contributed by atoms with Gasteiger partial charge in [-0.05, 0) is 146 Å².